The van der Waals surface area contributed by atoms with Gasteiger partial charge in [0.15, 0.2) is 0 Å². The number of aliphatic carboxylic acids is 1. The lowest BCUT2D eigenvalue weighted by atomic mass is 10.1. The normalized spacial score (nSPS) is 17.0. The summed E-state index contributed by atoms with van der Waals surface area (Å²) >= 11 is 0. The number of para-hydroxylation sites is 1. The Kier molecular flexibility index (Phi) is 6.42. The number of carboxylic acid groups (broad SMARTS) is 1. The number of hydrogen-bond acceptors (Lipinski definition) is 4. The van der Waals surface area contributed by atoms with Crippen molar-refractivity contribution in [1.29, 1.82) is 0 Å². The molecule has 1 aliphatic heterocycles. The molecule has 7 nitrogen and oxygen atoms in total. The molecule has 8 heteroatoms. The fraction of sp³-hybridized carbons (Fsp3) is 0.471. The van der Waals surface area contributed by atoms with Crippen LogP contribution >= 0.6 is 0 Å². The zero-order valence-corrected chi connectivity index (χ0v) is 15.0. The first kappa shape index (κ1) is 19.2. The van der Waals surface area contributed by atoms with Gasteiger partial charge in [-0.1, -0.05) is 31.4 Å². The summed E-state index contributed by atoms with van der Waals surface area (Å²) in [5.41, 5.74) is 1.68. The van der Waals surface area contributed by atoms with Crippen molar-refractivity contribution in [3.63, 3.8) is 0 Å². The Morgan fingerprint density at radius 1 is 1.32 bits per heavy atom. The summed E-state index contributed by atoms with van der Waals surface area (Å²) in [5, 5.41) is 9.14. The third kappa shape index (κ3) is 4.72. The molecule has 1 aliphatic rings. The third-order valence-electron chi connectivity index (χ3n) is 4.15. The molecule has 0 bridgehead atoms. The zero-order valence-electron chi connectivity index (χ0n) is 14.2. The van der Waals surface area contributed by atoms with E-state index in [-0.39, 0.29) is 19.5 Å². The summed E-state index contributed by atoms with van der Waals surface area (Å²) in [6, 6.07) is 6.42. The van der Waals surface area contributed by atoms with Gasteiger partial charge in [0.2, 0.25) is 0 Å². The van der Waals surface area contributed by atoms with Crippen molar-refractivity contribution in [2.24, 2.45) is 0 Å². The van der Waals surface area contributed by atoms with Gasteiger partial charge in [-0.25, -0.2) is 0 Å². The first-order valence-electron chi connectivity index (χ1n) is 8.20. The molecule has 136 valence electrons. The number of nitrogens with zero attached hydrogens (tertiary/aromatic N) is 2. The van der Waals surface area contributed by atoms with Crippen molar-refractivity contribution in [3.8, 4) is 12.3 Å². The number of anilines is 1. The van der Waals surface area contributed by atoms with Crippen LogP contribution in [0.1, 0.15) is 25.3 Å². The minimum Gasteiger partial charge on any atom is -0.480 e. The van der Waals surface area contributed by atoms with Gasteiger partial charge < -0.3 is 10.0 Å². The van der Waals surface area contributed by atoms with E-state index >= 15 is 0 Å². The van der Waals surface area contributed by atoms with Crippen LogP contribution in [0.4, 0.5) is 5.69 Å². The maximum absolute atomic E-state index is 12.4. The topological polar surface area (TPSA) is 90.0 Å². The van der Waals surface area contributed by atoms with Crippen molar-refractivity contribution in [1.82, 2.24) is 9.03 Å². The van der Waals surface area contributed by atoms with Crippen LogP contribution in [0.25, 0.3) is 0 Å². The monoisotopic (exact) mass is 365 g/mol. The molecule has 0 aliphatic carbocycles. The molecule has 0 aromatic heterocycles. The van der Waals surface area contributed by atoms with Crippen LogP contribution in [0.5, 0.6) is 0 Å². The van der Waals surface area contributed by atoms with Crippen LogP contribution in [0.15, 0.2) is 24.3 Å². The summed E-state index contributed by atoms with van der Waals surface area (Å²) in [5.74, 6) is 1.48. The Bertz CT molecular complexity index is 749. The van der Waals surface area contributed by atoms with Crippen molar-refractivity contribution in [3.05, 3.63) is 29.8 Å². The molecule has 1 aromatic carbocycles. The first-order chi connectivity index (χ1) is 11.9. The van der Waals surface area contributed by atoms with Crippen molar-refractivity contribution in [2.45, 2.75) is 25.8 Å². The predicted octanol–water partition coefficient (Wildman–Crippen LogP) is 0.878. The lowest BCUT2D eigenvalue weighted by molar-refractivity contribution is -0.139. The second-order valence-electron chi connectivity index (χ2n) is 5.85. The highest BCUT2D eigenvalue weighted by Gasteiger charge is 2.31. The van der Waals surface area contributed by atoms with E-state index in [4.69, 9.17) is 11.5 Å². The molecule has 1 aromatic rings. The average molecular weight is 365 g/mol. The first-order valence-corrected chi connectivity index (χ1v) is 9.64. The fourth-order valence-electron chi connectivity index (χ4n) is 2.82. The van der Waals surface area contributed by atoms with E-state index in [0.29, 0.717) is 19.5 Å². The third-order valence-corrected chi connectivity index (χ3v) is 5.77. The van der Waals surface area contributed by atoms with Crippen LogP contribution in [0.2, 0.25) is 0 Å². The van der Waals surface area contributed by atoms with E-state index in [1.165, 1.54) is 4.31 Å². The number of nitrogens with one attached hydrogen (secondary N) is 1. The maximum Gasteiger partial charge on any atom is 0.321 e. The molecular formula is C17H23N3O4S. The van der Waals surface area contributed by atoms with Gasteiger partial charge in [0.25, 0.3) is 10.2 Å². The number of carboxylic acids is 1. The number of terminal acetylenes is 1. The van der Waals surface area contributed by atoms with Gasteiger partial charge in [0.1, 0.15) is 6.04 Å². The van der Waals surface area contributed by atoms with Crippen LogP contribution in [-0.2, 0) is 15.0 Å². The Morgan fingerprint density at radius 2 is 1.96 bits per heavy atom. The SMILES string of the molecule is C#Cc1ccccc1N1CCN(S(=O)(=O)NC(CCC)C(=O)O)CC1. The molecule has 0 saturated carbocycles. The molecule has 2 rings (SSSR count). The number of carbonyl (C=O) groups is 1. The molecule has 1 saturated heterocycles. The number of rotatable bonds is 7. The largest absolute Gasteiger partial charge is 0.480 e. The Hall–Kier alpha value is -2.08. The summed E-state index contributed by atoms with van der Waals surface area (Å²) in [7, 11) is -3.84. The Balaban J connectivity index is 2.03. The zero-order chi connectivity index (χ0) is 18.4. The molecule has 0 amide bonds. The van der Waals surface area contributed by atoms with Gasteiger partial charge in [-0.05, 0) is 18.6 Å². The molecular weight excluding hydrogens is 342 g/mol. The molecule has 25 heavy (non-hydrogen) atoms. The van der Waals surface area contributed by atoms with Crippen LogP contribution in [0.3, 0.4) is 0 Å². The predicted molar refractivity (Wildman–Crippen MR) is 96.6 cm³/mol. The van der Waals surface area contributed by atoms with Gasteiger partial charge in [-0.15, -0.1) is 6.42 Å². The van der Waals surface area contributed by atoms with Gasteiger partial charge in [-0.2, -0.15) is 17.4 Å². The quantitative estimate of drug-likeness (QED) is 0.700. The molecule has 0 radical (unpaired) electrons. The summed E-state index contributed by atoms with van der Waals surface area (Å²) < 4.78 is 28.5. The molecule has 1 unspecified atom stereocenters. The lowest BCUT2D eigenvalue weighted by Crippen LogP contribution is -2.55. The fourth-order valence-corrected chi connectivity index (χ4v) is 4.19. The van der Waals surface area contributed by atoms with Crippen LogP contribution in [-0.4, -0.2) is 56.0 Å². The molecule has 0 spiro atoms. The standard InChI is InChI=1S/C17H23N3O4S/c1-3-7-15(17(21)22)18-25(23,24)20-12-10-19(11-13-20)16-9-6-5-8-14(16)4-2/h2,5-6,8-9,15,18H,3,7,10-13H2,1H3,(H,21,22). The van der Waals surface area contributed by atoms with E-state index < -0.39 is 22.2 Å². The Morgan fingerprint density at radius 3 is 2.52 bits per heavy atom. The van der Waals surface area contributed by atoms with Crippen LogP contribution in [0, 0.1) is 12.3 Å². The van der Waals surface area contributed by atoms with Crippen molar-refractivity contribution < 1.29 is 18.3 Å². The molecule has 2 N–H and O–H groups in total. The second-order valence-corrected chi connectivity index (χ2v) is 7.55. The van der Waals surface area contributed by atoms with E-state index in [1.54, 1.807) is 0 Å². The van der Waals surface area contributed by atoms with Gasteiger partial charge in [-0.3, -0.25) is 4.79 Å². The average Bonchev–Trinajstić information content (AvgIpc) is 2.61. The number of benzene rings is 1. The minimum absolute atomic E-state index is 0.254. The van der Waals surface area contributed by atoms with Crippen molar-refractivity contribution >= 4 is 21.9 Å². The summed E-state index contributed by atoms with van der Waals surface area (Å²) in [4.78, 5) is 13.2. The van der Waals surface area contributed by atoms with Gasteiger partial charge in [0, 0.05) is 31.7 Å². The molecule has 1 fully saturated rings. The Labute approximate surface area is 148 Å². The second kappa shape index (κ2) is 8.34. The number of hydrogen-bond donors (Lipinski definition) is 2. The van der Waals surface area contributed by atoms with Gasteiger partial charge in [0.05, 0.1) is 5.69 Å². The highest BCUT2D eigenvalue weighted by atomic mass is 32.2. The van der Waals surface area contributed by atoms with Gasteiger partial charge >= 0.3 is 5.97 Å². The minimum atomic E-state index is -3.84. The van der Waals surface area contributed by atoms with E-state index in [9.17, 15) is 13.2 Å². The highest BCUT2D eigenvalue weighted by Crippen LogP contribution is 2.21. The highest BCUT2D eigenvalue weighted by molar-refractivity contribution is 7.87. The van der Waals surface area contributed by atoms with E-state index in [0.717, 1.165) is 11.3 Å². The summed E-state index contributed by atoms with van der Waals surface area (Å²) in [6.07, 6.45) is 6.35. The van der Waals surface area contributed by atoms with E-state index in [1.807, 2.05) is 36.1 Å². The summed E-state index contributed by atoms with van der Waals surface area (Å²) in [6.45, 7) is 3.33. The van der Waals surface area contributed by atoms with E-state index in [2.05, 4.69) is 10.6 Å². The lowest BCUT2D eigenvalue weighted by Gasteiger charge is -2.36. The number of piperazine rings is 1. The maximum atomic E-state index is 12.4. The van der Waals surface area contributed by atoms with Crippen LogP contribution < -0.4 is 9.62 Å². The molecule has 1 heterocycles. The van der Waals surface area contributed by atoms with Crippen molar-refractivity contribution in [2.75, 3.05) is 31.1 Å². The smallest absolute Gasteiger partial charge is 0.321 e. The molecule has 1 atom stereocenters.